The summed E-state index contributed by atoms with van der Waals surface area (Å²) in [5, 5.41) is 7.61. The van der Waals surface area contributed by atoms with E-state index in [-0.39, 0.29) is 5.41 Å². The van der Waals surface area contributed by atoms with Gasteiger partial charge in [0.1, 0.15) is 5.84 Å². The highest BCUT2D eigenvalue weighted by molar-refractivity contribution is 5.92. The van der Waals surface area contributed by atoms with Crippen LogP contribution in [0.2, 0.25) is 0 Å². The van der Waals surface area contributed by atoms with Gasteiger partial charge in [-0.15, -0.1) is 0 Å². The zero-order valence-electron chi connectivity index (χ0n) is 7.75. The summed E-state index contributed by atoms with van der Waals surface area (Å²) in [5.74, 6) is 0.832. The average Bonchev–Trinajstić information content (AvgIpc) is 2.80. The van der Waals surface area contributed by atoms with Crippen molar-refractivity contribution in [1.29, 1.82) is 5.41 Å². The molecule has 2 heteroatoms. The van der Waals surface area contributed by atoms with E-state index in [1.54, 1.807) is 0 Å². The van der Waals surface area contributed by atoms with Gasteiger partial charge in [-0.25, -0.2) is 0 Å². The lowest BCUT2D eigenvalue weighted by Gasteiger charge is -2.14. The molecule has 2 nitrogen and oxygen atoms in total. The molecule has 1 aliphatic rings. The van der Waals surface area contributed by atoms with E-state index < -0.39 is 0 Å². The van der Waals surface area contributed by atoms with E-state index in [0.29, 0.717) is 11.8 Å². The molecule has 2 unspecified atom stereocenters. The quantitative estimate of drug-likeness (QED) is 0.522. The Morgan fingerprint density at radius 3 is 2.38 bits per heavy atom. The van der Waals surface area contributed by atoms with Crippen LogP contribution in [0, 0.1) is 11.3 Å². The van der Waals surface area contributed by atoms with E-state index in [2.05, 4.69) is 19.1 Å². The van der Waals surface area contributed by atoms with Gasteiger partial charge in [0.05, 0.1) is 5.41 Å². The van der Waals surface area contributed by atoms with Gasteiger partial charge in [-0.1, -0.05) is 37.3 Å². The van der Waals surface area contributed by atoms with Crippen molar-refractivity contribution in [3.63, 3.8) is 0 Å². The van der Waals surface area contributed by atoms with Crippen molar-refractivity contribution < 1.29 is 0 Å². The second-order valence-corrected chi connectivity index (χ2v) is 3.86. The molecule has 0 aromatic heterocycles. The third-order valence-electron chi connectivity index (χ3n) is 3.08. The van der Waals surface area contributed by atoms with Crippen LogP contribution in [0.4, 0.5) is 0 Å². The number of nitrogens with two attached hydrogens (primary N) is 1. The Balaban J connectivity index is 2.40. The summed E-state index contributed by atoms with van der Waals surface area (Å²) >= 11 is 0. The number of amidine groups is 1. The van der Waals surface area contributed by atoms with Gasteiger partial charge in [-0.2, -0.15) is 0 Å². The molecule has 1 aromatic rings. The van der Waals surface area contributed by atoms with Gasteiger partial charge in [0, 0.05) is 0 Å². The van der Waals surface area contributed by atoms with E-state index in [1.165, 1.54) is 5.56 Å². The van der Waals surface area contributed by atoms with Crippen LogP contribution < -0.4 is 5.73 Å². The van der Waals surface area contributed by atoms with Crippen molar-refractivity contribution >= 4 is 5.84 Å². The lowest BCUT2D eigenvalue weighted by atomic mass is 9.92. The Morgan fingerprint density at radius 1 is 1.46 bits per heavy atom. The zero-order valence-corrected chi connectivity index (χ0v) is 7.75. The molecule has 13 heavy (non-hydrogen) atoms. The third-order valence-corrected chi connectivity index (χ3v) is 3.08. The van der Waals surface area contributed by atoms with E-state index >= 15 is 0 Å². The van der Waals surface area contributed by atoms with Crippen molar-refractivity contribution in [2.75, 3.05) is 0 Å². The number of benzene rings is 1. The van der Waals surface area contributed by atoms with E-state index in [4.69, 9.17) is 11.1 Å². The highest BCUT2D eigenvalue weighted by Crippen LogP contribution is 2.53. The highest BCUT2D eigenvalue weighted by Gasteiger charge is 2.55. The molecule has 2 rings (SSSR count). The molecule has 3 N–H and O–H groups in total. The van der Waals surface area contributed by atoms with Crippen LogP contribution in [0.15, 0.2) is 30.3 Å². The standard InChI is InChI=1S/C11H14N2/c1-8-7-11(8,10(12)13)9-5-3-2-4-6-9/h2-6,8H,7H2,1H3,(H3,12,13). The number of rotatable bonds is 2. The van der Waals surface area contributed by atoms with Gasteiger partial charge in [-0.05, 0) is 17.9 Å². The minimum atomic E-state index is -0.138. The van der Waals surface area contributed by atoms with Gasteiger partial charge in [0.25, 0.3) is 0 Å². The molecule has 1 aliphatic carbocycles. The van der Waals surface area contributed by atoms with Crippen LogP contribution >= 0.6 is 0 Å². The van der Waals surface area contributed by atoms with Gasteiger partial charge in [0.15, 0.2) is 0 Å². The molecule has 2 atom stereocenters. The number of nitrogens with one attached hydrogen (secondary N) is 1. The van der Waals surface area contributed by atoms with Crippen LogP contribution in [0.3, 0.4) is 0 Å². The van der Waals surface area contributed by atoms with Crippen LogP contribution in [0.1, 0.15) is 18.9 Å². The van der Waals surface area contributed by atoms with Crippen molar-refractivity contribution in [2.45, 2.75) is 18.8 Å². The molecule has 1 aromatic carbocycles. The van der Waals surface area contributed by atoms with Gasteiger partial charge >= 0.3 is 0 Å². The highest BCUT2D eigenvalue weighted by atomic mass is 14.8. The van der Waals surface area contributed by atoms with Crippen molar-refractivity contribution in [3.05, 3.63) is 35.9 Å². The van der Waals surface area contributed by atoms with Crippen molar-refractivity contribution in [3.8, 4) is 0 Å². The number of hydrogen-bond acceptors (Lipinski definition) is 1. The molecule has 0 spiro atoms. The molecule has 1 fully saturated rings. The maximum atomic E-state index is 7.61. The predicted octanol–water partition coefficient (Wildman–Crippen LogP) is 1.90. The predicted molar refractivity (Wildman–Crippen MR) is 53.8 cm³/mol. The molecule has 0 bridgehead atoms. The summed E-state index contributed by atoms with van der Waals surface area (Å²) in [6.45, 7) is 2.15. The fourth-order valence-electron chi connectivity index (χ4n) is 2.09. The van der Waals surface area contributed by atoms with Gasteiger partial charge in [-0.3, -0.25) is 5.41 Å². The van der Waals surface area contributed by atoms with Crippen LogP contribution in [0.5, 0.6) is 0 Å². The maximum absolute atomic E-state index is 7.61. The first-order chi connectivity index (χ1) is 6.18. The first-order valence-electron chi connectivity index (χ1n) is 4.58. The molecule has 68 valence electrons. The number of hydrogen-bond donors (Lipinski definition) is 2. The van der Waals surface area contributed by atoms with E-state index in [1.807, 2.05) is 18.2 Å². The Bertz CT molecular complexity index is 331. The smallest absolute Gasteiger partial charge is 0.102 e. The van der Waals surface area contributed by atoms with Gasteiger partial charge in [0.2, 0.25) is 0 Å². The molecule has 1 saturated carbocycles. The maximum Gasteiger partial charge on any atom is 0.102 e. The minimum Gasteiger partial charge on any atom is -0.387 e. The first kappa shape index (κ1) is 8.30. The largest absolute Gasteiger partial charge is 0.387 e. The molecule has 0 radical (unpaired) electrons. The molecule has 0 amide bonds. The zero-order chi connectivity index (χ0) is 9.47. The third kappa shape index (κ3) is 1.05. The molecule has 0 aliphatic heterocycles. The summed E-state index contributed by atoms with van der Waals surface area (Å²) < 4.78 is 0. The fraction of sp³-hybridized carbons (Fsp3) is 0.364. The summed E-state index contributed by atoms with van der Waals surface area (Å²) in [4.78, 5) is 0. The van der Waals surface area contributed by atoms with E-state index in [9.17, 15) is 0 Å². The summed E-state index contributed by atoms with van der Waals surface area (Å²) in [6, 6.07) is 10.1. The molecule has 0 saturated heterocycles. The first-order valence-corrected chi connectivity index (χ1v) is 4.58. The Kier molecular flexibility index (Phi) is 1.65. The lowest BCUT2D eigenvalue weighted by Crippen LogP contribution is -2.29. The van der Waals surface area contributed by atoms with Crippen LogP contribution in [-0.4, -0.2) is 5.84 Å². The molecule has 0 heterocycles. The topological polar surface area (TPSA) is 49.9 Å². The normalized spacial score (nSPS) is 31.3. The monoisotopic (exact) mass is 174 g/mol. The summed E-state index contributed by atoms with van der Waals surface area (Å²) in [6.07, 6.45) is 1.02. The second kappa shape index (κ2) is 2.59. The fourth-order valence-corrected chi connectivity index (χ4v) is 2.09. The molecular weight excluding hydrogens is 160 g/mol. The van der Waals surface area contributed by atoms with Crippen molar-refractivity contribution in [1.82, 2.24) is 0 Å². The van der Waals surface area contributed by atoms with Crippen LogP contribution in [-0.2, 0) is 5.41 Å². The Hall–Kier alpha value is -1.31. The Labute approximate surface area is 78.3 Å². The van der Waals surface area contributed by atoms with Crippen molar-refractivity contribution in [2.24, 2.45) is 11.7 Å². The Morgan fingerprint density at radius 2 is 2.00 bits per heavy atom. The van der Waals surface area contributed by atoms with Crippen LogP contribution in [0.25, 0.3) is 0 Å². The molecular formula is C11H14N2. The lowest BCUT2D eigenvalue weighted by molar-refractivity contribution is 0.805. The SMILES string of the molecule is CC1CC1(C(=N)N)c1ccccc1. The second-order valence-electron chi connectivity index (χ2n) is 3.86. The summed E-state index contributed by atoms with van der Waals surface area (Å²) in [7, 11) is 0. The van der Waals surface area contributed by atoms with E-state index in [0.717, 1.165) is 6.42 Å². The van der Waals surface area contributed by atoms with Gasteiger partial charge < -0.3 is 5.73 Å². The average molecular weight is 174 g/mol. The minimum absolute atomic E-state index is 0.138. The summed E-state index contributed by atoms with van der Waals surface area (Å²) in [5.41, 5.74) is 6.69.